The molecular weight excluding hydrogens is 467 g/mol. The van der Waals surface area contributed by atoms with Crippen LogP contribution in [0.5, 0.6) is 5.75 Å². The molecule has 1 heterocycles. The van der Waals surface area contributed by atoms with Crippen molar-refractivity contribution in [3.63, 3.8) is 0 Å². The van der Waals surface area contributed by atoms with E-state index in [0.717, 1.165) is 16.3 Å². The third kappa shape index (κ3) is 5.64. The Labute approximate surface area is 215 Å². The van der Waals surface area contributed by atoms with Gasteiger partial charge < -0.3 is 15.0 Å². The molecule has 5 nitrogen and oxygen atoms in total. The number of likely N-dealkylation sites (tertiary alicyclic amines) is 1. The lowest BCUT2D eigenvalue weighted by Crippen LogP contribution is -2.44. The molecule has 1 unspecified atom stereocenters. The van der Waals surface area contributed by atoms with Gasteiger partial charge >= 0.3 is 0 Å². The summed E-state index contributed by atoms with van der Waals surface area (Å²) in [5, 5.41) is 5.08. The van der Waals surface area contributed by atoms with E-state index < -0.39 is 11.9 Å². The van der Waals surface area contributed by atoms with Crippen LogP contribution in [0.3, 0.4) is 0 Å². The Bertz CT molecular complexity index is 1380. The fraction of sp³-hybridized carbons (Fsp3) is 0.226. The first kappa shape index (κ1) is 24.5. The lowest BCUT2D eigenvalue weighted by atomic mass is 9.94. The molecular formula is C31H29FN2O3. The molecule has 188 valence electrons. The first-order valence-corrected chi connectivity index (χ1v) is 12.6. The second-order valence-electron chi connectivity index (χ2n) is 9.31. The number of hydrogen-bond acceptors (Lipinski definition) is 3. The number of nitrogens with one attached hydrogen (secondary N) is 1. The number of amides is 2. The average molecular weight is 497 g/mol. The van der Waals surface area contributed by atoms with Crippen LogP contribution in [0, 0.1) is 11.7 Å². The molecule has 1 saturated heterocycles. The van der Waals surface area contributed by atoms with Gasteiger partial charge in [0.15, 0.2) is 11.6 Å². The highest BCUT2D eigenvalue weighted by molar-refractivity contribution is 6.07. The van der Waals surface area contributed by atoms with Gasteiger partial charge in [-0.3, -0.25) is 9.59 Å². The summed E-state index contributed by atoms with van der Waals surface area (Å²) in [4.78, 5) is 28.4. The molecule has 4 aromatic rings. The van der Waals surface area contributed by atoms with Crippen molar-refractivity contribution < 1.29 is 18.7 Å². The van der Waals surface area contributed by atoms with Crippen LogP contribution in [0.25, 0.3) is 10.8 Å². The molecule has 2 amide bonds. The maximum atomic E-state index is 14.1. The van der Waals surface area contributed by atoms with Gasteiger partial charge in [0.2, 0.25) is 5.91 Å². The normalized spacial score (nSPS) is 14.8. The number of piperidine rings is 1. The van der Waals surface area contributed by atoms with Crippen LogP contribution in [0.15, 0.2) is 97.1 Å². The zero-order chi connectivity index (χ0) is 25.6. The highest BCUT2D eigenvalue weighted by atomic mass is 19.1. The van der Waals surface area contributed by atoms with Gasteiger partial charge in [-0.05, 0) is 47.4 Å². The predicted octanol–water partition coefficient (Wildman–Crippen LogP) is 5.77. The van der Waals surface area contributed by atoms with Gasteiger partial charge in [0.1, 0.15) is 6.61 Å². The third-order valence-electron chi connectivity index (χ3n) is 6.93. The summed E-state index contributed by atoms with van der Waals surface area (Å²) in [5.41, 5.74) is 1.58. The minimum Gasteiger partial charge on any atom is -0.488 e. The zero-order valence-corrected chi connectivity index (χ0v) is 20.5. The van der Waals surface area contributed by atoms with Crippen molar-refractivity contribution in [2.45, 2.75) is 18.9 Å². The summed E-state index contributed by atoms with van der Waals surface area (Å²) in [7, 11) is 0. The van der Waals surface area contributed by atoms with E-state index in [0.29, 0.717) is 31.5 Å². The molecule has 1 atom stereocenters. The number of carbonyl (C=O) groups is 2. The summed E-state index contributed by atoms with van der Waals surface area (Å²) in [6.07, 6.45) is 1.16. The molecule has 1 N–H and O–H groups in total. The van der Waals surface area contributed by atoms with Crippen LogP contribution in [-0.2, 0) is 4.79 Å². The Balaban J connectivity index is 1.22. The molecule has 1 aliphatic rings. The summed E-state index contributed by atoms with van der Waals surface area (Å²) in [5.74, 6) is -0.586. The lowest BCUT2D eigenvalue weighted by molar-refractivity contribution is -0.127. The largest absolute Gasteiger partial charge is 0.488 e. The Morgan fingerprint density at radius 3 is 2.32 bits per heavy atom. The lowest BCUT2D eigenvalue weighted by Gasteiger charge is -2.32. The maximum absolute atomic E-state index is 14.1. The van der Waals surface area contributed by atoms with E-state index in [4.69, 9.17) is 4.74 Å². The SMILES string of the molecule is O=C(NC(COc1ccccc1F)c1ccccc1)C1CCN(C(=O)c2cccc3ccccc23)CC1. The minimum absolute atomic E-state index is 0.00360. The van der Waals surface area contributed by atoms with Crippen molar-refractivity contribution in [2.24, 2.45) is 5.92 Å². The van der Waals surface area contributed by atoms with Crippen LogP contribution in [-0.4, -0.2) is 36.4 Å². The number of rotatable bonds is 7. The van der Waals surface area contributed by atoms with Crippen molar-refractivity contribution >= 4 is 22.6 Å². The average Bonchev–Trinajstić information content (AvgIpc) is 2.95. The molecule has 1 fully saturated rings. The van der Waals surface area contributed by atoms with Crippen LogP contribution in [0.4, 0.5) is 4.39 Å². The number of halogens is 1. The molecule has 0 aromatic heterocycles. The summed E-state index contributed by atoms with van der Waals surface area (Å²) >= 11 is 0. The molecule has 37 heavy (non-hydrogen) atoms. The molecule has 0 bridgehead atoms. The van der Waals surface area contributed by atoms with Crippen LogP contribution in [0.1, 0.15) is 34.8 Å². The second-order valence-corrected chi connectivity index (χ2v) is 9.31. The van der Waals surface area contributed by atoms with Gasteiger partial charge in [0.25, 0.3) is 5.91 Å². The fourth-order valence-corrected chi connectivity index (χ4v) is 4.86. The number of hydrogen-bond donors (Lipinski definition) is 1. The summed E-state index contributed by atoms with van der Waals surface area (Å²) < 4.78 is 19.8. The number of para-hydroxylation sites is 1. The van der Waals surface area contributed by atoms with Gasteiger partial charge in [0, 0.05) is 24.6 Å². The van der Waals surface area contributed by atoms with Crippen molar-refractivity contribution in [3.05, 3.63) is 114 Å². The van der Waals surface area contributed by atoms with Crippen LogP contribution < -0.4 is 10.1 Å². The molecule has 5 rings (SSSR count). The zero-order valence-electron chi connectivity index (χ0n) is 20.5. The second kappa shape index (κ2) is 11.2. The Kier molecular flexibility index (Phi) is 7.45. The van der Waals surface area contributed by atoms with E-state index in [2.05, 4.69) is 5.32 Å². The third-order valence-corrected chi connectivity index (χ3v) is 6.93. The maximum Gasteiger partial charge on any atom is 0.254 e. The van der Waals surface area contributed by atoms with Gasteiger partial charge in [-0.25, -0.2) is 4.39 Å². The molecule has 0 spiro atoms. The van der Waals surface area contributed by atoms with Crippen molar-refractivity contribution in [3.8, 4) is 5.75 Å². The number of fused-ring (bicyclic) bond motifs is 1. The standard InChI is InChI=1S/C31H29FN2O3/c32-27-15-6-7-16-29(27)37-21-28(23-10-2-1-3-11-23)33-30(35)24-17-19-34(20-18-24)31(36)26-14-8-12-22-9-4-5-13-25(22)26/h1-16,24,28H,17-21H2,(H,33,35). The molecule has 0 saturated carbocycles. The predicted molar refractivity (Wildman–Crippen MR) is 142 cm³/mol. The van der Waals surface area contributed by atoms with Crippen molar-refractivity contribution in [2.75, 3.05) is 19.7 Å². The molecule has 0 radical (unpaired) electrons. The Morgan fingerprint density at radius 2 is 1.54 bits per heavy atom. The Morgan fingerprint density at radius 1 is 0.865 bits per heavy atom. The monoisotopic (exact) mass is 496 g/mol. The molecule has 4 aromatic carbocycles. The summed E-state index contributed by atoms with van der Waals surface area (Å²) in [6, 6.07) is 29.0. The van der Waals surface area contributed by atoms with Gasteiger partial charge in [0.05, 0.1) is 6.04 Å². The number of nitrogens with zero attached hydrogens (tertiary/aromatic N) is 1. The van der Waals surface area contributed by atoms with E-state index >= 15 is 0 Å². The smallest absolute Gasteiger partial charge is 0.254 e. The van der Waals surface area contributed by atoms with E-state index in [9.17, 15) is 14.0 Å². The van der Waals surface area contributed by atoms with Gasteiger partial charge in [-0.15, -0.1) is 0 Å². The van der Waals surface area contributed by atoms with Gasteiger partial charge in [-0.1, -0.05) is 78.9 Å². The van der Waals surface area contributed by atoms with E-state index in [1.54, 1.807) is 18.2 Å². The topological polar surface area (TPSA) is 58.6 Å². The quantitative estimate of drug-likeness (QED) is 0.354. The van der Waals surface area contributed by atoms with Crippen molar-refractivity contribution in [1.29, 1.82) is 0 Å². The van der Waals surface area contributed by atoms with Crippen molar-refractivity contribution in [1.82, 2.24) is 10.2 Å². The number of carbonyl (C=O) groups excluding carboxylic acids is 2. The van der Waals surface area contributed by atoms with Crippen LogP contribution in [0.2, 0.25) is 0 Å². The first-order chi connectivity index (χ1) is 18.1. The van der Waals surface area contributed by atoms with Gasteiger partial charge in [-0.2, -0.15) is 0 Å². The number of benzene rings is 4. The molecule has 6 heteroatoms. The molecule has 0 aliphatic carbocycles. The number of ether oxygens (including phenoxy) is 1. The highest BCUT2D eigenvalue weighted by Crippen LogP contribution is 2.25. The molecule has 1 aliphatic heterocycles. The van der Waals surface area contributed by atoms with Crippen LogP contribution >= 0.6 is 0 Å². The fourth-order valence-electron chi connectivity index (χ4n) is 4.86. The van der Waals surface area contributed by atoms with E-state index in [1.807, 2.05) is 77.7 Å². The van der Waals surface area contributed by atoms with E-state index in [1.165, 1.54) is 6.07 Å². The first-order valence-electron chi connectivity index (χ1n) is 12.6. The summed E-state index contributed by atoms with van der Waals surface area (Å²) in [6.45, 7) is 1.14. The van der Waals surface area contributed by atoms with E-state index in [-0.39, 0.29) is 30.1 Å². The highest BCUT2D eigenvalue weighted by Gasteiger charge is 2.30. The Hall–Kier alpha value is -4.19. The minimum atomic E-state index is -0.441.